The van der Waals surface area contributed by atoms with E-state index in [1.54, 1.807) is 0 Å². The Balaban J connectivity index is 1.30. The van der Waals surface area contributed by atoms with E-state index in [4.69, 9.17) is 9.97 Å². The minimum Gasteiger partial charge on any atom is -0.228 e. The van der Waals surface area contributed by atoms with Gasteiger partial charge in [0.1, 0.15) is 0 Å². The van der Waals surface area contributed by atoms with E-state index in [0.717, 1.165) is 44.5 Å². The third-order valence-corrected chi connectivity index (χ3v) is 9.65. The van der Waals surface area contributed by atoms with Crippen molar-refractivity contribution in [2.24, 2.45) is 0 Å². The van der Waals surface area contributed by atoms with Crippen LogP contribution >= 0.6 is 0 Å². The highest BCUT2D eigenvalue weighted by Crippen LogP contribution is 2.50. The molecule has 0 aliphatic heterocycles. The van der Waals surface area contributed by atoms with E-state index in [9.17, 15) is 0 Å². The van der Waals surface area contributed by atoms with E-state index in [2.05, 4.69) is 153 Å². The maximum absolute atomic E-state index is 5.27. The van der Waals surface area contributed by atoms with Gasteiger partial charge in [-0.3, -0.25) is 0 Å². The molecule has 0 bridgehead atoms. The smallest absolute Gasteiger partial charge is 0.161 e. The number of nitrogens with zero attached hydrogens (tertiary/aromatic N) is 2. The first-order valence-corrected chi connectivity index (χ1v) is 15.6. The van der Waals surface area contributed by atoms with Gasteiger partial charge in [-0.05, 0) is 85.3 Å². The van der Waals surface area contributed by atoms with Gasteiger partial charge in [-0.15, -0.1) is 0 Å². The molecule has 1 aliphatic rings. The first-order valence-electron chi connectivity index (χ1n) is 15.6. The quantitative estimate of drug-likeness (QED) is 0.210. The van der Waals surface area contributed by atoms with Crippen LogP contribution < -0.4 is 0 Å². The molecule has 0 atom stereocenters. The van der Waals surface area contributed by atoms with Crippen LogP contribution in [0.2, 0.25) is 0 Å². The summed E-state index contributed by atoms with van der Waals surface area (Å²) in [6, 6.07) is 52.3. The Hall–Kier alpha value is -5.60. The zero-order chi connectivity index (χ0) is 30.1. The normalized spacial score (nSPS) is 13.3. The first-order chi connectivity index (χ1) is 22.1. The predicted octanol–water partition coefficient (Wildman–Crippen LogP) is 11.2. The lowest BCUT2D eigenvalue weighted by Gasteiger charge is -2.22. The molecule has 0 amide bonds. The fourth-order valence-electron chi connectivity index (χ4n) is 7.39. The molecule has 1 heterocycles. The van der Waals surface area contributed by atoms with Gasteiger partial charge >= 0.3 is 0 Å². The molecule has 0 fully saturated rings. The van der Waals surface area contributed by atoms with Crippen LogP contribution in [0.3, 0.4) is 0 Å². The summed E-state index contributed by atoms with van der Waals surface area (Å²) in [6.45, 7) is 4.69. The number of benzene rings is 7. The second-order valence-electron chi connectivity index (χ2n) is 12.6. The minimum atomic E-state index is -0.0316. The molecule has 0 unspecified atom stereocenters. The van der Waals surface area contributed by atoms with Gasteiger partial charge in [0.2, 0.25) is 0 Å². The highest BCUT2D eigenvalue weighted by molar-refractivity contribution is 6.06. The lowest BCUT2D eigenvalue weighted by molar-refractivity contribution is 0.661. The van der Waals surface area contributed by atoms with E-state index in [0.29, 0.717) is 0 Å². The summed E-state index contributed by atoms with van der Waals surface area (Å²) in [4.78, 5) is 10.4. The molecule has 2 heteroatoms. The zero-order valence-electron chi connectivity index (χ0n) is 25.3. The molecule has 1 aromatic heterocycles. The highest BCUT2D eigenvalue weighted by Gasteiger charge is 2.35. The van der Waals surface area contributed by atoms with Crippen LogP contribution in [-0.2, 0) is 5.41 Å². The van der Waals surface area contributed by atoms with Crippen molar-refractivity contribution in [3.05, 3.63) is 157 Å². The average molecular weight is 575 g/mol. The Morgan fingerprint density at radius 1 is 0.422 bits per heavy atom. The van der Waals surface area contributed by atoms with Gasteiger partial charge < -0.3 is 0 Å². The molecular weight excluding hydrogens is 544 g/mol. The standard InChI is InChI=1S/C43H30N2/c1-43(2)38-21-10-8-18-33(38)36-26-35-29(25-39(36)43)16-12-20-32(35)30-23-28-15-6-7-17-31(28)37(24-30)42-44-40-22-11-9-19-34(40)41(45-42)27-13-4-3-5-14-27/h3-26H,1-2H3. The van der Waals surface area contributed by atoms with E-state index in [1.165, 1.54) is 44.0 Å². The summed E-state index contributed by atoms with van der Waals surface area (Å²) in [5, 5.41) is 5.89. The van der Waals surface area contributed by atoms with Crippen LogP contribution in [-0.4, -0.2) is 9.97 Å². The number of hydrogen-bond acceptors (Lipinski definition) is 2. The van der Waals surface area contributed by atoms with Crippen LogP contribution in [0.4, 0.5) is 0 Å². The predicted molar refractivity (Wildman–Crippen MR) is 188 cm³/mol. The maximum atomic E-state index is 5.27. The van der Waals surface area contributed by atoms with Gasteiger partial charge in [-0.25, -0.2) is 9.97 Å². The monoisotopic (exact) mass is 574 g/mol. The molecule has 0 spiro atoms. The Morgan fingerprint density at radius 2 is 1.11 bits per heavy atom. The van der Waals surface area contributed by atoms with Crippen molar-refractivity contribution in [3.63, 3.8) is 0 Å². The number of hydrogen-bond donors (Lipinski definition) is 0. The van der Waals surface area contributed by atoms with Crippen molar-refractivity contribution < 1.29 is 0 Å². The fraction of sp³-hybridized carbons (Fsp3) is 0.0698. The molecule has 212 valence electrons. The third kappa shape index (κ3) is 3.96. The van der Waals surface area contributed by atoms with Crippen molar-refractivity contribution in [1.29, 1.82) is 0 Å². The maximum Gasteiger partial charge on any atom is 0.161 e. The Morgan fingerprint density at radius 3 is 2.00 bits per heavy atom. The van der Waals surface area contributed by atoms with E-state index in [-0.39, 0.29) is 5.41 Å². The lowest BCUT2D eigenvalue weighted by atomic mass is 9.81. The topological polar surface area (TPSA) is 25.8 Å². The first kappa shape index (κ1) is 25.9. The van der Waals surface area contributed by atoms with E-state index < -0.39 is 0 Å². The summed E-state index contributed by atoms with van der Waals surface area (Å²) in [6.07, 6.45) is 0. The van der Waals surface area contributed by atoms with Gasteiger partial charge in [0.15, 0.2) is 5.82 Å². The summed E-state index contributed by atoms with van der Waals surface area (Å²) in [5.74, 6) is 0.738. The van der Waals surface area contributed by atoms with Crippen molar-refractivity contribution in [3.8, 4) is 44.9 Å². The summed E-state index contributed by atoms with van der Waals surface area (Å²) in [7, 11) is 0. The summed E-state index contributed by atoms with van der Waals surface area (Å²) in [5.41, 5.74) is 11.8. The van der Waals surface area contributed by atoms with Gasteiger partial charge in [-0.1, -0.05) is 129 Å². The lowest BCUT2D eigenvalue weighted by Crippen LogP contribution is -2.14. The minimum absolute atomic E-state index is 0.0316. The SMILES string of the molecule is CC1(C)c2ccccc2-c2cc3c(-c4cc(-c5nc(-c6ccccc6)c6ccccc6n5)c5ccccc5c4)cccc3cc21. The summed E-state index contributed by atoms with van der Waals surface area (Å²) >= 11 is 0. The van der Waals surface area contributed by atoms with Crippen molar-refractivity contribution >= 4 is 32.4 Å². The van der Waals surface area contributed by atoms with Gasteiger partial charge in [-0.2, -0.15) is 0 Å². The third-order valence-electron chi connectivity index (χ3n) is 9.65. The van der Waals surface area contributed by atoms with Gasteiger partial charge in [0.05, 0.1) is 11.2 Å². The Kier molecular flexibility index (Phi) is 5.58. The molecular formula is C43H30N2. The van der Waals surface area contributed by atoms with Crippen molar-refractivity contribution in [2.45, 2.75) is 19.3 Å². The van der Waals surface area contributed by atoms with Gasteiger partial charge in [0, 0.05) is 21.9 Å². The number of aromatic nitrogens is 2. The van der Waals surface area contributed by atoms with Crippen LogP contribution in [0.15, 0.2) is 146 Å². The molecule has 2 nitrogen and oxygen atoms in total. The molecule has 0 saturated carbocycles. The largest absolute Gasteiger partial charge is 0.228 e. The van der Waals surface area contributed by atoms with Crippen molar-refractivity contribution in [2.75, 3.05) is 0 Å². The van der Waals surface area contributed by atoms with Crippen molar-refractivity contribution in [1.82, 2.24) is 9.97 Å². The Labute approximate surface area is 262 Å². The highest BCUT2D eigenvalue weighted by atomic mass is 14.9. The number of rotatable bonds is 3. The molecule has 45 heavy (non-hydrogen) atoms. The number of para-hydroxylation sites is 1. The molecule has 0 saturated heterocycles. The molecule has 0 radical (unpaired) electrons. The molecule has 0 N–H and O–H groups in total. The zero-order valence-corrected chi connectivity index (χ0v) is 25.3. The van der Waals surface area contributed by atoms with Crippen LogP contribution in [0, 0.1) is 0 Å². The molecule has 1 aliphatic carbocycles. The van der Waals surface area contributed by atoms with Crippen LogP contribution in [0.1, 0.15) is 25.0 Å². The summed E-state index contributed by atoms with van der Waals surface area (Å²) < 4.78 is 0. The number of fused-ring (bicyclic) bond motifs is 6. The van der Waals surface area contributed by atoms with Crippen LogP contribution in [0.5, 0.6) is 0 Å². The average Bonchev–Trinajstić information content (AvgIpc) is 3.32. The fourth-order valence-corrected chi connectivity index (χ4v) is 7.39. The molecule has 9 rings (SSSR count). The molecule has 7 aromatic carbocycles. The van der Waals surface area contributed by atoms with E-state index in [1.807, 2.05) is 6.07 Å². The van der Waals surface area contributed by atoms with E-state index >= 15 is 0 Å². The second kappa shape index (κ2) is 9.70. The Bertz CT molecular complexity index is 2450. The van der Waals surface area contributed by atoms with Crippen LogP contribution in [0.25, 0.3) is 77.3 Å². The molecule has 8 aromatic rings. The second-order valence-corrected chi connectivity index (χ2v) is 12.6. The van der Waals surface area contributed by atoms with Gasteiger partial charge in [0.25, 0.3) is 0 Å².